The number of aldehydes is 2. The summed E-state index contributed by atoms with van der Waals surface area (Å²) in [5.74, 6) is 0. The van der Waals surface area contributed by atoms with Crippen molar-refractivity contribution < 1.29 is 14.7 Å². The summed E-state index contributed by atoms with van der Waals surface area (Å²) in [5.41, 5.74) is 0.898. The summed E-state index contributed by atoms with van der Waals surface area (Å²) in [6, 6.07) is 0. The topological polar surface area (TPSA) is 54.4 Å². The number of rotatable bonds is 5. The minimum atomic E-state index is -0.274. The maximum atomic E-state index is 10.2. The van der Waals surface area contributed by atoms with E-state index in [4.69, 9.17) is 5.11 Å². The molecule has 0 saturated carbocycles. The second-order valence-electron chi connectivity index (χ2n) is 2.43. The Labute approximate surface area is 77.1 Å². The lowest BCUT2D eigenvalue weighted by Gasteiger charge is -1.86. The summed E-state index contributed by atoms with van der Waals surface area (Å²) in [4.78, 5) is 20.3. The molecule has 0 unspecified atom stereocenters. The molecule has 0 aromatic rings. The highest BCUT2D eigenvalue weighted by Crippen LogP contribution is 1.91. The molecule has 13 heavy (non-hydrogen) atoms. The second kappa shape index (κ2) is 7.18. The molecule has 0 amide bonds. The minimum Gasteiger partial charge on any atom is -0.392 e. The first kappa shape index (κ1) is 11.5. The van der Waals surface area contributed by atoms with Crippen LogP contribution in [0.15, 0.2) is 35.5 Å². The molecule has 0 bridgehead atoms. The summed E-state index contributed by atoms with van der Waals surface area (Å²) in [6.07, 6.45) is 7.64. The van der Waals surface area contributed by atoms with Crippen LogP contribution in [-0.4, -0.2) is 24.3 Å². The molecule has 0 saturated heterocycles. The predicted octanol–water partition coefficient (Wildman–Crippen LogP) is 0.805. The molecule has 0 aliphatic rings. The van der Waals surface area contributed by atoms with E-state index in [1.54, 1.807) is 25.2 Å². The second-order valence-corrected chi connectivity index (χ2v) is 2.43. The minimum absolute atomic E-state index is 0.274. The Hall–Kier alpha value is -1.48. The Kier molecular flexibility index (Phi) is 6.37. The van der Waals surface area contributed by atoms with Crippen LogP contribution in [0, 0.1) is 0 Å². The molecule has 0 rings (SSSR count). The van der Waals surface area contributed by atoms with Crippen molar-refractivity contribution >= 4 is 12.6 Å². The van der Waals surface area contributed by atoms with Crippen LogP contribution in [0.25, 0.3) is 0 Å². The van der Waals surface area contributed by atoms with E-state index in [1.807, 2.05) is 0 Å². The van der Waals surface area contributed by atoms with Crippen molar-refractivity contribution in [3.63, 3.8) is 0 Å². The predicted molar refractivity (Wildman–Crippen MR) is 50.2 cm³/mol. The van der Waals surface area contributed by atoms with Crippen LogP contribution in [0.5, 0.6) is 0 Å². The summed E-state index contributed by atoms with van der Waals surface area (Å²) >= 11 is 0. The van der Waals surface area contributed by atoms with Gasteiger partial charge in [0.05, 0.1) is 6.61 Å². The van der Waals surface area contributed by atoms with Gasteiger partial charge in [0.2, 0.25) is 0 Å². The smallest absolute Gasteiger partial charge is 0.148 e. The normalized spacial score (nSPS) is 13.4. The zero-order chi connectivity index (χ0) is 10.1. The molecule has 0 aromatic heterocycles. The van der Waals surface area contributed by atoms with Crippen LogP contribution < -0.4 is 0 Å². The summed E-state index contributed by atoms with van der Waals surface area (Å²) < 4.78 is 0. The van der Waals surface area contributed by atoms with Crippen LogP contribution >= 0.6 is 0 Å². The van der Waals surface area contributed by atoms with Crippen molar-refractivity contribution in [2.24, 2.45) is 0 Å². The summed E-state index contributed by atoms with van der Waals surface area (Å²) in [6.45, 7) is 1.40. The van der Waals surface area contributed by atoms with E-state index in [-0.39, 0.29) is 6.61 Å². The van der Waals surface area contributed by atoms with Gasteiger partial charge in [-0.15, -0.1) is 0 Å². The van der Waals surface area contributed by atoms with E-state index in [9.17, 15) is 9.59 Å². The average molecular weight is 180 g/mol. The van der Waals surface area contributed by atoms with Crippen LogP contribution in [0.4, 0.5) is 0 Å². The molecule has 0 radical (unpaired) electrons. The number of aliphatic hydroxyl groups excluding tert-OH is 1. The van der Waals surface area contributed by atoms with Crippen molar-refractivity contribution in [1.82, 2.24) is 0 Å². The number of carbonyl (C=O) groups excluding carboxylic acids is 2. The third kappa shape index (κ3) is 5.75. The average Bonchev–Trinajstić information content (AvgIpc) is 2.18. The van der Waals surface area contributed by atoms with Crippen LogP contribution in [0.2, 0.25) is 0 Å². The molecule has 0 aliphatic carbocycles. The number of aliphatic hydroxyl groups is 1. The van der Waals surface area contributed by atoms with E-state index in [2.05, 4.69) is 0 Å². The first-order chi connectivity index (χ1) is 6.24. The van der Waals surface area contributed by atoms with E-state index in [0.717, 1.165) is 6.29 Å². The van der Waals surface area contributed by atoms with Crippen LogP contribution in [-0.2, 0) is 9.59 Å². The number of allylic oxidation sites excluding steroid dienone is 5. The fourth-order valence-electron chi connectivity index (χ4n) is 0.555. The Bertz CT molecular complexity index is 259. The molecular formula is C10H12O3. The fourth-order valence-corrected chi connectivity index (χ4v) is 0.555. The van der Waals surface area contributed by atoms with E-state index in [1.165, 1.54) is 6.08 Å². The maximum absolute atomic E-state index is 10.2. The highest BCUT2D eigenvalue weighted by atomic mass is 16.3. The molecule has 3 nitrogen and oxygen atoms in total. The van der Waals surface area contributed by atoms with Crippen molar-refractivity contribution in [3.05, 3.63) is 35.5 Å². The lowest BCUT2D eigenvalue weighted by atomic mass is 10.2. The molecule has 0 atom stereocenters. The highest BCUT2D eigenvalue weighted by molar-refractivity contribution is 5.74. The van der Waals surface area contributed by atoms with Gasteiger partial charge in [-0.2, -0.15) is 0 Å². The third-order valence-electron chi connectivity index (χ3n) is 1.30. The number of carbonyl (C=O) groups is 2. The molecule has 1 N–H and O–H groups in total. The Balaban J connectivity index is 4.21. The van der Waals surface area contributed by atoms with Crippen molar-refractivity contribution in [3.8, 4) is 0 Å². The van der Waals surface area contributed by atoms with Crippen molar-refractivity contribution in [2.45, 2.75) is 6.92 Å². The molecular weight excluding hydrogens is 168 g/mol. The highest BCUT2D eigenvalue weighted by Gasteiger charge is 1.86. The summed E-state index contributed by atoms with van der Waals surface area (Å²) in [7, 11) is 0. The fraction of sp³-hybridized carbons (Fsp3) is 0.200. The Morgan fingerprint density at radius 2 is 1.77 bits per heavy atom. The zero-order valence-corrected chi connectivity index (χ0v) is 7.43. The molecule has 0 spiro atoms. The molecule has 3 heteroatoms. The first-order valence-electron chi connectivity index (χ1n) is 3.80. The monoisotopic (exact) mass is 180 g/mol. The SMILES string of the molecule is CC(C=O)=CC=CC=C(C=O)CO. The van der Waals surface area contributed by atoms with Gasteiger partial charge in [-0.1, -0.05) is 24.3 Å². The third-order valence-corrected chi connectivity index (χ3v) is 1.30. The molecule has 0 aromatic carbocycles. The lowest BCUT2D eigenvalue weighted by molar-refractivity contribution is -0.105. The molecule has 0 aliphatic heterocycles. The number of hydrogen-bond donors (Lipinski definition) is 1. The summed E-state index contributed by atoms with van der Waals surface area (Å²) in [5, 5.41) is 8.58. The number of hydrogen-bond acceptors (Lipinski definition) is 3. The van der Waals surface area contributed by atoms with Gasteiger partial charge in [-0.3, -0.25) is 9.59 Å². The zero-order valence-electron chi connectivity index (χ0n) is 7.43. The lowest BCUT2D eigenvalue weighted by Crippen LogP contribution is -1.89. The Morgan fingerprint density at radius 3 is 2.23 bits per heavy atom. The van der Waals surface area contributed by atoms with Crippen LogP contribution in [0.1, 0.15) is 6.92 Å². The largest absolute Gasteiger partial charge is 0.392 e. The van der Waals surface area contributed by atoms with Crippen molar-refractivity contribution in [2.75, 3.05) is 6.61 Å². The van der Waals surface area contributed by atoms with E-state index >= 15 is 0 Å². The van der Waals surface area contributed by atoms with Gasteiger partial charge in [-0.25, -0.2) is 0 Å². The first-order valence-corrected chi connectivity index (χ1v) is 3.80. The van der Waals surface area contributed by atoms with Gasteiger partial charge >= 0.3 is 0 Å². The van der Waals surface area contributed by atoms with Gasteiger partial charge in [0.1, 0.15) is 12.6 Å². The quantitative estimate of drug-likeness (QED) is 0.387. The molecule has 0 fully saturated rings. The van der Waals surface area contributed by atoms with Crippen LogP contribution in [0.3, 0.4) is 0 Å². The van der Waals surface area contributed by atoms with Gasteiger partial charge in [0, 0.05) is 5.57 Å². The van der Waals surface area contributed by atoms with E-state index < -0.39 is 0 Å². The standard InChI is InChI=1S/C10H12O3/c1-9(6-11)4-2-3-5-10(7-12)8-13/h2-7,13H,8H2,1H3. The van der Waals surface area contributed by atoms with E-state index in [0.29, 0.717) is 17.4 Å². The molecule has 0 heterocycles. The maximum Gasteiger partial charge on any atom is 0.148 e. The van der Waals surface area contributed by atoms with Gasteiger partial charge in [-0.05, 0) is 12.5 Å². The molecule has 70 valence electrons. The van der Waals surface area contributed by atoms with Gasteiger partial charge in [0.25, 0.3) is 0 Å². The Morgan fingerprint density at radius 1 is 1.15 bits per heavy atom. The van der Waals surface area contributed by atoms with Gasteiger partial charge in [0.15, 0.2) is 0 Å². The van der Waals surface area contributed by atoms with Crippen molar-refractivity contribution in [1.29, 1.82) is 0 Å². The van der Waals surface area contributed by atoms with Gasteiger partial charge < -0.3 is 5.11 Å².